The Labute approximate surface area is 55.1 Å². The molecule has 0 atom stereocenters. The lowest BCUT2D eigenvalue weighted by Gasteiger charge is -2.12. The van der Waals surface area contributed by atoms with Gasteiger partial charge >= 0.3 is 0 Å². The first-order valence-electron chi connectivity index (χ1n) is 3.02. The van der Waals surface area contributed by atoms with Crippen molar-refractivity contribution in [1.29, 1.82) is 0 Å². The molecule has 3 heteroatoms. The second-order valence-electron chi connectivity index (χ2n) is 2.83. The van der Waals surface area contributed by atoms with Crippen LogP contribution >= 0.6 is 0 Å². The summed E-state index contributed by atoms with van der Waals surface area (Å²) in [5, 5.41) is 3.11. The van der Waals surface area contributed by atoms with Crippen molar-refractivity contribution in [1.82, 2.24) is 5.32 Å². The second-order valence-corrected chi connectivity index (χ2v) is 2.83. The molecule has 0 radical (unpaired) electrons. The number of aliphatic imine (C=N–C) groups is 1. The van der Waals surface area contributed by atoms with Gasteiger partial charge in [-0.2, -0.15) is 0 Å². The van der Waals surface area contributed by atoms with Crippen LogP contribution in [0.2, 0.25) is 0 Å². The van der Waals surface area contributed by atoms with E-state index >= 15 is 0 Å². The molecule has 0 spiro atoms. The van der Waals surface area contributed by atoms with Crippen molar-refractivity contribution in [2.75, 3.05) is 13.7 Å². The molecule has 0 amide bonds. The number of nitrogens with zero attached hydrogens (tertiary/aromatic N) is 1. The summed E-state index contributed by atoms with van der Waals surface area (Å²) < 4.78 is 5.16. The quantitative estimate of drug-likeness (QED) is 0.511. The molecule has 0 aliphatic carbocycles. The minimum absolute atomic E-state index is 0.0643. The summed E-state index contributed by atoms with van der Waals surface area (Å²) in [6.07, 6.45) is 0. The Kier molecular flexibility index (Phi) is 1.35. The van der Waals surface area contributed by atoms with Crippen LogP contribution < -0.4 is 5.32 Å². The number of ether oxygens (including phenoxy) is 1. The minimum atomic E-state index is 0.0643. The molecule has 0 bridgehead atoms. The van der Waals surface area contributed by atoms with E-state index in [9.17, 15) is 0 Å². The number of hydrogen-bond donors (Lipinski definition) is 1. The zero-order chi connectivity index (χ0) is 6.91. The van der Waals surface area contributed by atoms with Crippen LogP contribution in [0.15, 0.2) is 4.99 Å². The van der Waals surface area contributed by atoms with E-state index in [-0.39, 0.29) is 5.54 Å². The van der Waals surface area contributed by atoms with Gasteiger partial charge in [0.25, 0.3) is 6.02 Å². The molecule has 1 aliphatic heterocycles. The van der Waals surface area contributed by atoms with Crippen LogP contribution in [0.5, 0.6) is 0 Å². The Morgan fingerprint density at radius 3 is 2.56 bits per heavy atom. The van der Waals surface area contributed by atoms with Gasteiger partial charge in [-0.15, -0.1) is 0 Å². The van der Waals surface area contributed by atoms with E-state index in [0.29, 0.717) is 12.6 Å². The summed E-state index contributed by atoms with van der Waals surface area (Å²) in [4.78, 5) is 3.87. The van der Waals surface area contributed by atoms with Crippen LogP contribution in [0.1, 0.15) is 13.8 Å². The third kappa shape index (κ3) is 1.34. The lowest BCUT2D eigenvalue weighted by molar-refractivity contribution is 0.288. The summed E-state index contributed by atoms with van der Waals surface area (Å²) in [5.74, 6) is 0. The number of amidine groups is 1. The first-order chi connectivity index (χ1) is 4.14. The fourth-order valence-corrected chi connectivity index (χ4v) is 0.731. The predicted octanol–water partition coefficient (Wildman–Crippen LogP) is 0.371. The summed E-state index contributed by atoms with van der Waals surface area (Å²) in [5.41, 5.74) is 0.0643. The summed E-state index contributed by atoms with van der Waals surface area (Å²) >= 11 is 0. The van der Waals surface area contributed by atoms with Crippen LogP contribution in [0.25, 0.3) is 0 Å². The van der Waals surface area contributed by atoms with Crippen LogP contribution in [-0.4, -0.2) is 25.2 Å². The lowest BCUT2D eigenvalue weighted by Crippen LogP contribution is -2.36. The summed E-state index contributed by atoms with van der Waals surface area (Å²) in [6.45, 7) is 4.86. The van der Waals surface area contributed by atoms with Crippen molar-refractivity contribution in [3.8, 4) is 0 Å². The highest BCUT2D eigenvalue weighted by Gasteiger charge is 2.27. The molecule has 9 heavy (non-hydrogen) atoms. The average molecular weight is 128 g/mol. The zero-order valence-corrected chi connectivity index (χ0v) is 6.06. The third-order valence-corrected chi connectivity index (χ3v) is 1.22. The molecule has 1 N–H and O–H groups in total. The largest absolute Gasteiger partial charge is 0.463 e. The average Bonchev–Trinajstić information content (AvgIpc) is 2.10. The van der Waals surface area contributed by atoms with E-state index in [0.717, 1.165) is 0 Å². The Hall–Kier alpha value is -0.730. The second kappa shape index (κ2) is 1.90. The molecule has 1 aliphatic rings. The predicted molar refractivity (Wildman–Crippen MR) is 36.5 cm³/mol. The van der Waals surface area contributed by atoms with Crippen LogP contribution in [0.3, 0.4) is 0 Å². The van der Waals surface area contributed by atoms with E-state index in [1.54, 1.807) is 7.05 Å². The van der Waals surface area contributed by atoms with Crippen molar-refractivity contribution in [2.24, 2.45) is 4.99 Å². The van der Waals surface area contributed by atoms with Crippen LogP contribution in [-0.2, 0) is 4.74 Å². The maximum atomic E-state index is 5.16. The zero-order valence-electron chi connectivity index (χ0n) is 6.06. The molecule has 1 heterocycles. The molecular weight excluding hydrogens is 116 g/mol. The topological polar surface area (TPSA) is 33.6 Å². The molecule has 0 aromatic rings. The number of nitrogens with one attached hydrogen (secondary N) is 1. The van der Waals surface area contributed by atoms with E-state index in [4.69, 9.17) is 4.74 Å². The molecule has 0 unspecified atom stereocenters. The van der Waals surface area contributed by atoms with Gasteiger partial charge in [0.1, 0.15) is 6.61 Å². The first kappa shape index (κ1) is 6.39. The minimum Gasteiger partial charge on any atom is -0.463 e. The van der Waals surface area contributed by atoms with Crippen LogP contribution in [0, 0.1) is 0 Å². The van der Waals surface area contributed by atoms with Crippen molar-refractivity contribution < 1.29 is 4.74 Å². The molecular formula is C6H12N2O. The van der Waals surface area contributed by atoms with Gasteiger partial charge in [0.15, 0.2) is 0 Å². The van der Waals surface area contributed by atoms with Crippen molar-refractivity contribution in [3.63, 3.8) is 0 Å². The Bertz CT molecular complexity index is 140. The Morgan fingerprint density at radius 2 is 2.33 bits per heavy atom. The van der Waals surface area contributed by atoms with Gasteiger partial charge in [0.05, 0.1) is 5.54 Å². The molecule has 1 fully saturated rings. The maximum absolute atomic E-state index is 5.16. The van der Waals surface area contributed by atoms with Crippen LogP contribution in [0.4, 0.5) is 0 Å². The molecule has 1 saturated heterocycles. The lowest BCUT2D eigenvalue weighted by atomic mass is 10.1. The van der Waals surface area contributed by atoms with Gasteiger partial charge in [-0.3, -0.25) is 0 Å². The SMILES string of the molecule is CN=C1NC(C)(C)CO1. The van der Waals surface area contributed by atoms with E-state index in [1.165, 1.54) is 0 Å². The maximum Gasteiger partial charge on any atom is 0.284 e. The molecule has 0 aromatic carbocycles. The van der Waals surface area contributed by atoms with E-state index < -0.39 is 0 Å². The van der Waals surface area contributed by atoms with Gasteiger partial charge in [-0.05, 0) is 13.8 Å². The highest BCUT2D eigenvalue weighted by atomic mass is 16.5. The normalized spacial score (nSPS) is 27.7. The Morgan fingerprint density at radius 1 is 1.67 bits per heavy atom. The van der Waals surface area contributed by atoms with E-state index in [2.05, 4.69) is 24.2 Å². The molecule has 0 aromatic heterocycles. The van der Waals surface area contributed by atoms with Crippen molar-refractivity contribution in [2.45, 2.75) is 19.4 Å². The highest BCUT2D eigenvalue weighted by molar-refractivity contribution is 5.76. The fourth-order valence-electron chi connectivity index (χ4n) is 0.731. The van der Waals surface area contributed by atoms with Gasteiger partial charge in [0, 0.05) is 7.05 Å². The smallest absolute Gasteiger partial charge is 0.284 e. The van der Waals surface area contributed by atoms with Gasteiger partial charge in [0.2, 0.25) is 0 Å². The van der Waals surface area contributed by atoms with Gasteiger partial charge < -0.3 is 10.1 Å². The molecule has 52 valence electrons. The Balaban J connectivity index is 2.57. The summed E-state index contributed by atoms with van der Waals surface area (Å²) in [6, 6.07) is 0.653. The fraction of sp³-hybridized carbons (Fsp3) is 0.833. The highest BCUT2D eigenvalue weighted by Crippen LogP contribution is 2.09. The number of hydrogen-bond acceptors (Lipinski definition) is 2. The monoisotopic (exact) mass is 128 g/mol. The standard InChI is InChI=1S/C6H12N2O/c1-6(2)4-9-5(7-3)8-6/h4H2,1-3H3,(H,7,8). The third-order valence-electron chi connectivity index (χ3n) is 1.22. The number of rotatable bonds is 0. The summed E-state index contributed by atoms with van der Waals surface area (Å²) in [7, 11) is 1.71. The van der Waals surface area contributed by atoms with Crippen molar-refractivity contribution in [3.05, 3.63) is 0 Å². The molecule has 1 rings (SSSR count). The molecule has 3 nitrogen and oxygen atoms in total. The van der Waals surface area contributed by atoms with E-state index in [1.807, 2.05) is 0 Å². The van der Waals surface area contributed by atoms with Gasteiger partial charge in [-0.1, -0.05) is 0 Å². The van der Waals surface area contributed by atoms with Gasteiger partial charge in [-0.25, -0.2) is 4.99 Å². The molecule has 0 saturated carbocycles. The first-order valence-corrected chi connectivity index (χ1v) is 3.02. The van der Waals surface area contributed by atoms with Crippen molar-refractivity contribution >= 4 is 6.02 Å².